The van der Waals surface area contributed by atoms with Gasteiger partial charge in [0, 0.05) is 24.5 Å². The summed E-state index contributed by atoms with van der Waals surface area (Å²) in [6, 6.07) is 3.88. The van der Waals surface area contributed by atoms with Gasteiger partial charge in [-0.1, -0.05) is 0 Å². The lowest BCUT2D eigenvalue weighted by Gasteiger charge is -2.03. The number of fused-ring (bicyclic) bond motifs is 1. The first-order valence-electron chi connectivity index (χ1n) is 5.78. The van der Waals surface area contributed by atoms with Gasteiger partial charge >= 0.3 is 0 Å². The highest BCUT2D eigenvalue weighted by Gasteiger charge is 2.11. The lowest BCUT2D eigenvalue weighted by Crippen LogP contribution is -2.03. The van der Waals surface area contributed by atoms with E-state index in [4.69, 9.17) is 5.73 Å². The zero-order chi connectivity index (χ0) is 12.5. The summed E-state index contributed by atoms with van der Waals surface area (Å²) in [5.41, 5.74) is 8.46. The van der Waals surface area contributed by atoms with Gasteiger partial charge in [0.15, 0.2) is 10.8 Å². The molecule has 92 valence electrons. The average Bonchev–Trinajstić information content (AvgIpc) is 2.92. The normalized spacial score (nSPS) is 11.2. The van der Waals surface area contributed by atoms with Crippen LogP contribution in [0.5, 0.6) is 0 Å². The van der Waals surface area contributed by atoms with Crippen molar-refractivity contribution < 1.29 is 0 Å². The number of thiazole rings is 1. The van der Waals surface area contributed by atoms with Gasteiger partial charge in [0.25, 0.3) is 0 Å². The van der Waals surface area contributed by atoms with Gasteiger partial charge in [-0.25, -0.2) is 15.0 Å². The Balaban J connectivity index is 2.05. The summed E-state index contributed by atoms with van der Waals surface area (Å²) in [6.45, 7) is 2.94. The lowest BCUT2D eigenvalue weighted by molar-refractivity contribution is 0.724. The quantitative estimate of drug-likeness (QED) is 0.781. The number of nitrogen functional groups attached to an aromatic ring is 1. The zero-order valence-corrected chi connectivity index (χ0v) is 10.8. The van der Waals surface area contributed by atoms with Crippen LogP contribution in [0.2, 0.25) is 0 Å². The van der Waals surface area contributed by atoms with E-state index in [0.717, 1.165) is 29.2 Å². The molecular formula is C12H13N5S. The van der Waals surface area contributed by atoms with Crippen molar-refractivity contribution in [3.05, 3.63) is 35.2 Å². The summed E-state index contributed by atoms with van der Waals surface area (Å²) in [7, 11) is 0. The van der Waals surface area contributed by atoms with Crippen LogP contribution in [-0.4, -0.2) is 19.5 Å². The molecule has 0 bridgehead atoms. The molecule has 3 rings (SSSR count). The first-order chi connectivity index (χ1) is 8.78. The van der Waals surface area contributed by atoms with Gasteiger partial charge in [-0.3, -0.25) is 0 Å². The molecular weight excluding hydrogens is 246 g/mol. The van der Waals surface area contributed by atoms with Crippen LogP contribution in [0.4, 0.5) is 5.13 Å². The third-order valence-electron chi connectivity index (χ3n) is 2.81. The van der Waals surface area contributed by atoms with Crippen LogP contribution in [0.25, 0.3) is 11.2 Å². The van der Waals surface area contributed by atoms with Crippen LogP contribution >= 0.6 is 11.3 Å². The average molecular weight is 259 g/mol. The maximum absolute atomic E-state index is 5.65. The number of hydrogen-bond donors (Lipinski definition) is 1. The number of pyridine rings is 1. The molecule has 6 heteroatoms. The summed E-state index contributed by atoms with van der Waals surface area (Å²) in [5.74, 6) is 0.983. The SMILES string of the molecule is CCn1c(Cc2csc(N)n2)nc2cccnc21. The van der Waals surface area contributed by atoms with E-state index in [-0.39, 0.29) is 0 Å². The van der Waals surface area contributed by atoms with Crippen LogP contribution in [-0.2, 0) is 13.0 Å². The molecule has 3 aromatic heterocycles. The molecule has 0 aromatic carbocycles. The lowest BCUT2D eigenvalue weighted by atomic mass is 10.3. The third-order valence-corrected chi connectivity index (χ3v) is 3.53. The molecule has 0 aliphatic heterocycles. The van der Waals surface area contributed by atoms with Gasteiger partial charge in [0.1, 0.15) is 11.3 Å². The maximum Gasteiger partial charge on any atom is 0.180 e. The fraction of sp³-hybridized carbons (Fsp3) is 0.250. The Morgan fingerprint density at radius 2 is 2.28 bits per heavy atom. The standard InChI is InChI=1S/C12H13N5S/c1-2-17-10(6-8-7-18-12(13)15-8)16-9-4-3-5-14-11(9)17/h3-5,7H,2,6H2,1H3,(H2,13,15). The summed E-state index contributed by atoms with van der Waals surface area (Å²) in [6.07, 6.45) is 2.48. The van der Waals surface area contributed by atoms with Gasteiger partial charge in [0.05, 0.1) is 5.69 Å². The zero-order valence-electron chi connectivity index (χ0n) is 10.00. The minimum absolute atomic E-state index is 0.599. The van der Waals surface area contributed by atoms with Crippen LogP contribution in [0.15, 0.2) is 23.7 Å². The minimum atomic E-state index is 0.599. The van der Waals surface area contributed by atoms with Gasteiger partial charge in [-0.05, 0) is 19.1 Å². The van der Waals surface area contributed by atoms with Gasteiger partial charge in [-0.2, -0.15) is 0 Å². The second kappa shape index (κ2) is 4.38. The molecule has 18 heavy (non-hydrogen) atoms. The summed E-state index contributed by atoms with van der Waals surface area (Å²) in [5, 5.41) is 2.57. The molecule has 0 amide bonds. The van der Waals surface area contributed by atoms with Crippen LogP contribution in [0.1, 0.15) is 18.4 Å². The fourth-order valence-corrected chi connectivity index (χ4v) is 2.60. The Morgan fingerprint density at radius 3 is 3.00 bits per heavy atom. The van der Waals surface area contributed by atoms with E-state index in [0.29, 0.717) is 11.6 Å². The highest BCUT2D eigenvalue weighted by Crippen LogP contribution is 2.18. The predicted octanol–water partition coefficient (Wildman–Crippen LogP) is 2.08. The minimum Gasteiger partial charge on any atom is -0.375 e. The summed E-state index contributed by atoms with van der Waals surface area (Å²) in [4.78, 5) is 13.3. The molecule has 3 heterocycles. The first-order valence-corrected chi connectivity index (χ1v) is 6.66. The van der Waals surface area contributed by atoms with Crippen molar-refractivity contribution in [3.8, 4) is 0 Å². The molecule has 0 saturated heterocycles. The molecule has 2 N–H and O–H groups in total. The molecule has 0 atom stereocenters. The number of imidazole rings is 1. The van der Waals surface area contributed by atoms with E-state index in [1.165, 1.54) is 11.3 Å². The molecule has 0 saturated carbocycles. The van der Waals surface area contributed by atoms with E-state index in [2.05, 4.69) is 26.4 Å². The van der Waals surface area contributed by atoms with Crippen molar-refractivity contribution in [2.45, 2.75) is 19.9 Å². The monoisotopic (exact) mass is 259 g/mol. The molecule has 5 nitrogen and oxygen atoms in total. The number of nitrogens with two attached hydrogens (primary N) is 1. The first kappa shape index (κ1) is 11.2. The number of rotatable bonds is 3. The molecule has 0 spiro atoms. The largest absolute Gasteiger partial charge is 0.375 e. The second-order valence-electron chi connectivity index (χ2n) is 3.97. The highest BCUT2D eigenvalue weighted by atomic mass is 32.1. The number of hydrogen-bond acceptors (Lipinski definition) is 5. The number of aromatic nitrogens is 4. The van der Waals surface area contributed by atoms with Crippen molar-refractivity contribution in [2.24, 2.45) is 0 Å². The summed E-state index contributed by atoms with van der Waals surface area (Å²) >= 11 is 1.46. The van der Waals surface area contributed by atoms with Crippen molar-refractivity contribution >= 4 is 27.6 Å². The Morgan fingerprint density at radius 1 is 1.39 bits per heavy atom. The van der Waals surface area contributed by atoms with Crippen molar-refractivity contribution in [1.82, 2.24) is 19.5 Å². The Kier molecular flexibility index (Phi) is 2.71. The van der Waals surface area contributed by atoms with E-state index in [1.807, 2.05) is 17.5 Å². The van der Waals surface area contributed by atoms with Gasteiger partial charge in [-0.15, -0.1) is 11.3 Å². The molecule has 0 aliphatic carbocycles. The second-order valence-corrected chi connectivity index (χ2v) is 4.86. The Bertz CT molecular complexity index is 685. The van der Waals surface area contributed by atoms with Gasteiger partial charge in [0.2, 0.25) is 0 Å². The van der Waals surface area contributed by atoms with Crippen LogP contribution in [0.3, 0.4) is 0 Å². The Labute approximate surface area is 108 Å². The van der Waals surface area contributed by atoms with Gasteiger partial charge < -0.3 is 10.3 Å². The van der Waals surface area contributed by atoms with Crippen molar-refractivity contribution in [3.63, 3.8) is 0 Å². The predicted molar refractivity (Wildman–Crippen MR) is 72.5 cm³/mol. The maximum atomic E-state index is 5.65. The number of aryl methyl sites for hydroxylation is 1. The van der Waals surface area contributed by atoms with Crippen molar-refractivity contribution in [1.29, 1.82) is 0 Å². The smallest absolute Gasteiger partial charge is 0.180 e. The van der Waals surface area contributed by atoms with E-state index >= 15 is 0 Å². The molecule has 0 radical (unpaired) electrons. The van der Waals surface area contributed by atoms with E-state index in [9.17, 15) is 0 Å². The number of anilines is 1. The Hall–Kier alpha value is -1.95. The topological polar surface area (TPSA) is 69.6 Å². The summed E-state index contributed by atoms with van der Waals surface area (Å²) < 4.78 is 2.12. The van der Waals surface area contributed by atoms with Crippen molar-refractivity contribution in [2.75, 3.05) is 5.73 Å². The molecule has 0 fully saturated rings. The van der Waals surface area contributed by atoms with E-state index < -0.39 is 0 Å². The molecule has 0 aliphatic rings. The molecule has 3 aromatic rings. The molecule has 0 unspecified atom stereocenters. The van der Waals surface area contributed by atoms with Crippen LogP contribution < -0.4 is 5.73 Å². The fourth-order valence-electron chi connectivity index (χ4n) is 2.04. The van der Waals surface area contributed by atoms with E-state index in [1.54, 1.807) is 6.20 Å². The third kappa shape index (κ3) is 1.84. The number of nitrogens with zero attached hydrogens (tertiary/aromatic N) is 4. The van der Waals surface area contributed by atoms with Crippen LogP contribution in [0, 0.1) is 0 Å². The highest BCUT2D eigenvalue weighted by molar-refractivity contribution is 7.13.